The van der Waals surface area contributed by atoms with Crippen LogP contribution in [0.4, 0.5) is 0 Å². The number of aryl methyl sites for hydroxylation is 3. The fraction of sp³-hybridized carbons (Fsp3) is 0.286. The highest BCUT2D eigenvalue weighted by molar-refractivity contribution is 7.98. The Kier molecular flexibility index (Phi) is 4.16. The smallest absolute Gasteiger partial charge is 0.355 e. The molecule has 0 unspecified atom stereocenters. The normalized spacial score (nSPS) is 11.2. The standard InChI is InChI=1S/C14H13N3O2S3/c1-6-7(2)22-13-11(6)12(15-8(3)16-13)21-5-10-17-9(4-20-10)14(18)19/h4H,5H2,1-3H3,(H,18,19). The van der Waals surface area contributed by atoms with E-state index in [1.165, 1.54) is 21.8 Å². The fourth-order valence-corrected chi connectivity index (χ4v) is 5.08. The van der Waals surface area contributed by atoms with Crippen LogP contribution in [-0.4, -0.2) is 26.0 Å². The van der Waals surface area contributed by atoms with Crippen molar-refractivity contribution in [3.8, 4) is 0 Å². The monoisotopic (exact) mass is 351 g/mol. The van der Waals surface area contributed by atoms with Crippen LogP contribution in [0.25, 0.3) is 10.2 Å². The third-order valence-corrected chi connectivity index (χ3v) is 6.33. The number of hydrogen-bond acceptors (Lipinski definition) is 7. The summed E-state index contributed by atoms with van der Waals surface area (Å²) in [6.45, 7) is 6.06. The summed E-state index contributed by atoms with van der Waals surface area (Å²) in [5.74, 6) is 0.372. The number of rotatable bonds is 4. The van der Waals surface area contributed by atoms with Gasteiger partial charge in [0.25, 0.3) is 0 Å². The van der Waals surface area contributed by atoms with Crippen molar-refractivity contribution in [1.82, 2.24) is 15.0 Å². The van der Waals surface area contributed by atoms with Gasteiger partial charge in [-0.1, -0.05) is 11.8 Å². The molecule has 0 fully saturated rings. The van der Waals surface area contributed by atoms with Crippen molar-refractivity contribution < 1.29 is 9.90 Å². The molecule has 5 nitrogen and oxygen atoms in total. The minimum absolute atomic E-state index is 0.104. The number of nitrogens with zero attached hydrogens (tertiary/aromatic N) is 3. The van der Waals surface area contributed by atoms with E-state index in [4.69, 9.17) is 5.11 Å². The van der Waals surface area contributed by atoms with Gasteiger partial charge in [-0.15, -0.1) is 22.7 Å². The summed E-state index contributed by atoms with van der Waals surface area (Å²) in [4.78, 5) is 26.3. The van der Waals surface area contributed by atoms with E-state index in [0.717, 1.165) is 26.1 Å². The molecule has 0 atom stereocenters. The maximum Gasteiger partial charge on any atom is 0.355 e. The number of thiophene rings is 1. The third-order valence-electron chi connectivity index (χ3n) is 3.21. The van der Waals surface area contributed by atoms with Gasteiger partial charge in [-0.3, -0.25) is 0 Å². The first-order chi connectivity index (χ1) is 10.5. The van der Waals surface area contributed by atoms with E-state index < -0.39 is 5.97 Å². The molecule has 22 heavy (non-hydrogen) atoms. The first-order valence-corrected chi connectivity index (χ1v) is 9.18. The third kappa shape index (κ3) is 2.86. The molecular weight excluding hydrogens is 338 g/mol. The van der Waals surface area contributed by atoms with Crippen LogP contribution in [0.3, 0.4) is 0 Å². The zero-order valence-corrected chi connectivity index (χ0v) is 14.7. The number of aromatic nitrogens is 3. The van der Waals surface area contributed by atoms with E-state index >= 15 is 0 Å². The number of carboxylic acids is 1. The molecule has 114 valence electrons. The average Bonchev–Trinajstić information content (AvgIpc) is 3.02. The molecule has 0 bridgehead atoms. The Morgan fingerprint density at radius 1 is 1.27 bits per heavy atom. The first kappa shape index (κ1) is 15.4. The Balaban J connectivity index is 1.91. The van der Waals surface area contributed by atoms with E-state index in [9.17, 15) is 4.79 Å². The Bertz CT molecular complexity index is 870. The highest BCUT2D eigenvalue weighted by Gasteiger charge is 2.15. The van der Waals surface area contributed by atoms with Gasteiger partial charge in [0.1, 0.15) is 20.7 Å². The number of aromatic carboxylic acids is 1. The van der Waals surface area contributed by atoms with Crippen LogP contribution < -0.4 is 0 Å². The second kappa shape index (κ2) is 5.94. The van der Waals surface area contributed by atoms with Crippen LogP contribution in [0, 0.1) is 20.8 Å². The van der Waals surface area contributed by atoms with Crippen molar-refractivity contribution >= 4 is 50.6 Å². The predicted molar refractivity (Wildman–Crippen MR) is 90.3 cm³/mol. The molecule has 0 saturated heterocycles. The van der Waals surface area contributed by atoms with E-state index in [2.05, 4.69) is 28.8 Å². The van der Waals surface area contributed by atoms with Gasteiger partial charge in [0.15, 0.2) is 5.69 Å². The lowest BCUT2D eigenvalue weighted by Gasteiger charge is -2.03. The highest BCUT2D eigenvalue weighted by Crippen LogP contribution is 2.36. The van der Waals surface area contributed by atoms with Gasteiger partial charge in [0.05, 0.1) is 5.75 Å². The van der Waals surface area contributed by atoms with Gasteiger partial charge in [0.2, 0.25) is 0 Å². The van der Waals surface area contributed by atoms with Crippen molar-refractivity contribution in [3.05, 3.63) is 32.3 Å². The average molecular weight is 351 g/mol. The number of carbonyl (C=O) groups is 1. The second-order valence-corrected chi connectivity index (χ2v) is 7.87. The molecule has 0 aliphatic heterocycles. The molecule has 1 N–H and O–H groups in total. The van der Waals surface area contributed by atoms with Crippen molar-refractivity contribution in [2.45, 2.75) is 31.6 Å². The molecule has 3 aromatic heterocycles. The molecule has 8 heteroatoms. The van der Waals surface area contributed by atoms with Crippen LogP contribution in [-0.2, 0) is 5.75 Å². The second-order valence-electron chi connectivity index (χ2n) is 4.76. The van der Waals surface area contributed by atoms with Crippen molar-refractivity contribution in [1.29, 1.82) is 0 Å². The summed E-state index contributed by atoms with van der Waals surface area (Å²) >= 11 is 4.62. The van der Waals surface area contributed by atoms with E-state index in [0.29, 0.717) is 5.75 Å². The molecule has 0 spiro atoms. The number of thiazole rings is 1. The summed E-state index contributed by atoms with van der Waals surface area (Å²) in [6, 6.07) is 0. The number of fused-ring (bicyclic) bond motifs is 1. The van der Waals surface area contributed by atoms with Gasteiger partial charge >= 0.3 is 5.97 Å². The minimum atomic E-state index is -0.989. The topological polar surface area (TPSA) is 76.0 Å². The van der Waals surface area contributed by atoms with Crippen molar-refractivity contribution in [2.75, 3.05) is 0 Å². The number of thioether (sulfide) groups is 1. The number of carboxylic acid groups (broad SMARTS) is 1. The van der Waals surface area contributed by atoms with Gasteiger partial charge < -0.3 is 5.11 Å². The molecule has 0 aliphatic carbocycles. The SMILES string of the molecule is Cc1nc(SCc2nc(C(=O)O)cs2)c2c(C)c(C)sc2n1. The molecule has 0 aromatic carbocycles. The van der Waals surface area contributed by atoms with Gasteiger partial charge in [-0.05, 0) is 26.3 Å². The molecule has 0 amide bonds. The van der Waals surface area contributed by atoms with Gasteiger partial charge in [-0.25, -0.2) is 19.7 Å². The predicted octanol–water partition coefficient (Wildman–Crippen LogP) is 4.06. The quantitative estimate of drug-likeness (QED) is 0.564. The van der Waals surface area contributed by atoms with E-state index in [1.807, 2.05) is 6.92 Å². The van der Waals surface area contributed by atoms with Crippen molar-refractivity contribution in [2.24, 2.45) is 0 Å². The Morgan fingerprint density at radius 3 is 2.73 bits per heavy atom. The molecule has 3 rings (SSSR count). The molecule has 0 saturated carbocycles. The summed E-state index contributed by atoms with van der Waals surface area (Å²) in [6.07, 6.45) is 0. The summed E-state index contributed by atoms with van der Waals surface area (Å²) < 4.78 is 0. The lowest BCUT2D eigenvalue weighted by molar-refractivity contribution is 0.0691. The van der Waals surface area contributed by atoms with Crippen molar-refractivity contribution in [3.63, 3.8) is 0 Å². The van der Waals surface area contributed by atoms with Gasteiger partial charge in [0, 0.05) is 15.6 Å². The van der Waals surface area contributed by atoms with E-state index in [1.54, 1.807) is 28.5 Å². The molecule has 3 aromatic rings. The first-order valence-electron chi connectivity index (χ1n) is 6.50. The zero-order chi connectivity index (χ0) is 15.9. The molecular formula is C14H13N3O2S3. The molecule has 0 radical (unpaired) electrons. The maximum absolute atomic E-state index is 10.9. The Hall–Kier alpha value is -1.51. The van der Waals surface area contributed by atoms with E-state index in [-0.39, 0.29) is 5.69 Å². The van der Waals surface area contributed by atoms with Gasteiger partial charge in [-0.2, -0.15) is 0 Å². The van der Waals surface area contributed by atoms with Crippen LogP contribution >= 0.6 is 34.4 Å². The fourth-order valence-electron chi connectivity index (χ4n) is 2.02. The lowest BCUT2D eigenvalue weighted by Crippen LogP contribution is -1.96. The highest BCUT2D eigenvalue weighted by atomic mass is 32.2. The maximum atomic E-state index is 10.9. The largest absolute Gasteiger partial charge is 0.476 e. The lowest BCUT2D eigenvalue weighted by atomic mass is 10.2. The minimum Gasteiger partial charge on any atom is -0.476 e. The summed E-state index contributed by atoms with van der Waals surface area (Å²) in [5.41, 5.74) is 1.32. The van der Waals surface area contributed by atoms with Crippen LogP contribution in [0.2, 0.25) is 0 Å². The number of hydrogen-bond donors (Lipinski definition) is 1. The zero-order valence-electron chi connectivity index (χ0n) is 12.2. The molecule has 3 heterocycles. The summed E-state index contributed by atoms with van der Waals surface area (Å²) in [7, 11) is 0. The summed E-state index contributed by atoms with van der Waals surface area (Å²) in [5, 5.41) is 13.3. The van der Waals surface area contributed by atoms with Crippen LogP contribution in [0.15, 0.2) is 10.4 Å². The molecule has 0 aliphatic rings. The van der Waals surface area contributed by atoms with Crippen LogP contribution in [0.5, 0.6) is 0 Å². The van der Waals surface area contributed by atoms with Crippen LogP contribution in [0.1, 0.15) is 31.8 Å². The Labute approximate surface area is 139 Å². The Morgan fingerprint density at radius 2 is 2.05 bits per heavy atom.